The average Bonchev–Trinajstić information content (AvgIpc) is 3.07. The van der Waals surface area contributed by atoms with E-state index in [-0.39, 0.29) is 32.2 Å². The molecule has 1 saturated heterocycles. The lowest BCUT2D eigenvalue weighted by molar-refractivity contribution is -0.384. The van der Waals surface area contributed by atoms with Gasteiger partial charge in [-0.2, -0.15) is 0 Å². The summed E-state index contributed by atoms with van der Waals surface area (Å²) in [5.41, 5.74) is 0.280. The average molecular weight is 550 g/mol. The lowest BCUT2D eigenvalue weighted by atomic mass is 9.75. The van der Waals surface area contributed by atoms with Gasteiger partial charge in [-0.25, -0.2) is 8.42 Å². The molecule has 1 heterocycles. The maximum Gasteiger partial charge on any atom is 0.293 e. The summed E-state index contributed by atoms with van der Waals surface area (Å²) in [6.07, 6.45) is 6.99. The van der Waals surface area contributed by atoms with Gasteiger partial charge in [0.15, 0.2) is 0 Å². The Morgan fingerprint density at radius 2 is 1.81 bits per heavy atom. The molecule has 190 valence electrons. The van der Waals surface area contributed by atoms with Crippen LogP contribution in [0.2, 0.25) is 5.02 Å². The Kier molecular flexibility index (Phi) is 7.44. The number of thioether (sulfide) groups is 1. The number of anilines is 1. The molecule has 4 rings (SSSR count). The normalized spacial score (nSPS) is 19.1. The highest BCUT2D eigenvalue weighted by molar-refractivity contribution is 8.18. The monoisotopic (exact) mass is 549 g/mol. The molecule has 0 atom stereocenters. The summed E-state index contributed by atoms with van der Waals surface area (Å²) in [6, 6.07) is 9.44. The van der Waals surface area contributed by atoms with Gasteiger partial charge in [-0.3, -0.25) is 29.3 Å². The van der Waals surface area contributed by atoms with E-state index in [0.717, 1.165) is 49.6 Å². The van der Waals surface area contributed by atoms with Gasteiger partial charge in [0.2, 0.25) is 0 Å². The van der Waals surface area contributed by atoms with E-state index >= 15 is 0 Å². The van der Waals surface area contributed by atoms with Gasteiger partial charge in [0.25, 0.3) is 26.9 Å². The number of sulfonamides is 1. The van der Waals surface area contributed by atoms with E-state index in [9.17, 15) is 28.1 Å². The molecule has 36 heavy (non-hydrogen) atoms. The maximum absolute atomic E-state index is 12.9. The number of nitro benzene ring substituents is 1. The lowest BCUT2D eigenvalue weighted by Crippen LogP contribution is -2.39. The number of carbonyl (C=O) groups is 2. The highest BCUT2D eigenvalue weighted by atomic mass is 35.5. The molecule has 0 unspecified atom stereocenters. The smallest absolute Gasteiger partial charge is 0.280 e. The summed E-state index contributed by atoms with van der Waals surface area (Å²) in [6.45, 7) is 2.54. The Morgan fingerprint density at radius 1 is 1.14 bits per heavy atom. The standard InChI is InChI=1S/C24H24ClN3O6S2/c1-24(11-3-2-4-12-24)15-27-22(29)21(35-23(27)30)13-16-5-7-17(8-6-16)26-36(33,34)18-9-10-19(25)20(14-18)28(31)32/h5-10,13-14,26H,2-4,11-12,15H2,1H3/b21-13-. The summed E-state index contributed by atoms with van der Waals surface area (Å²) in [4.78, 5) is 37.1. The van der Waals surface area contributed by atoms with Crippen LogP contribution in [-0.4, -0.2) is 35.9 Å². The molecule has 9 nitrogen and oxygen atoms in total. The molecule has 2 aromatic rings. The first-order valence-electron chi connectivity index (χ1n) is 11.3. The van der Waals surface area contributed by atoms with Crippen molar-refractivity contribution in [3.8, 4) is 0 Å². The number of carbonyl (C=O) groups excluding carboxylic acids is 2. The first-order chi connectivity index (χ1) is 17.0. The van der Waals surface area contributed by atoms with Crippen LogP contribution in [0.15, 0.2) is 52.3 Å². The van der Waals surface area contributed by atoms with Gasteiger partial charge in [0.1, 0.15) is 5.02 Å². The Balaban J connectivity index is 1.46. The van der Waals surface area contributed by atoms with E-state index in [1.54, 1.807) is 18.2 Å². The zero-order valence-corrected chi connectivity index (χ0v) is 21.8. The topological polar surface area (TPSA) is 127 Å². The van der Waals surface area contributed by atoms with Crippen LogP contribution in [0.1, 0.15) is 44.6 Å². The molecule has 1 aliphatic heterocycles. The van der Waals surface area contributed by atoms with Crippen LogP contribution in [0.3, 0.4) is 0 Å². The van der Waals surface area contributed by atoms with Gasteiger partial charge in [-0.15, -0.1) is 0 Å². The number of nitrogens with one attached hydrogen (secondary N) is 1. The third kappa shape index (κ3) is 5.74. The number of hydrogen-bond acceptors (Lipinski definition) is 7. The molecule has 2 aliphatic rings. The number of halogens is 1. The fraction of sp³-hybridized carbons (Fsp3) is 0.333. The molecule has 1 saturated carbocycles. The van der Waals surface area contributed by atoms with Gasteiger partial charge < -0.3 is 0 Å². The van der Waals surface area contributed by atoms with E-state index < -0.39 is 20.6 Å². The molecule has 1 aliphatic carbocycles. The predicted octanol–water partition coefficient (Wildman–Crippen LogP) is 6.06. The van der Waals surface area contributed by atoms with Gasteiger partial charge >= 0.3 is 0 Å². The van der Waals surface area contributed by atoms with E-state index in [0.29, 0.717) is 17.0 Å². The summed E-state index contributed by atoms with van der Waals surface area (Å²) in [5, 5.41) is 10.6. The minimum absolute atomic E-state index is 0.0527. The number of nitro groups is 1. The molecule has 0 aromatic heterocycles. The highest BCUT2D eigenvalue weighted by Crippen LogP contribution is 2.40. The molecule has 2 fully saturated rings. The Hall–Kier alpha value is -2.89. The minimum Gasteiger partial charge on any atom is -0.280 e. The van der Waals surface area contributed by atoms with Crippen molar-refractivity contribution in [3.63, 3.8) is 0 Å². The second kappa shape index (κ2) is 10.2. The van der Waals surface area contributed by atoms with E-state index in [2.05, 4.69) is 11.6 Å². The zero-order chi connectivity index (χ0) is 26.1. The third-order valence-corrected chi connectivity index (χ3v) is 8.97. The van der Waals surface area contributed by atoms with Crippen molar-refractivity contribution in [1.82, 2.24) is 4.90 Å². The Bertz CT molecular complexity index is 1350. The van der Waals surface area contributed by atoms with Crippen molar-refractivity contribution in [2.75, 3.05) is 11.3 Å². The second-order valence-corrected chi connectivity index (χ2v) is 12.3. The van der Waals surface area contributed by atoms with Crippen molar-refractivity contribution in [2.24, 2.45) is 5.41 Å². The minimum atomic E-state index is -4.10. The van der Waals surface area contributed by atoms with Crippen LogP contribution in [0.5, 0.6) is 0 Å². The quantitative estimate of drug-likeness (QED) is 0.253. The van der Waals surface area contributed by atoms with E-state index in [1.807, 2.05) is 0 Å². The largest absolute Gasteiger partial charge is 0.293 e. The number of amides is 2. The number of hydrogen-bond donors (Lipinski definition) is 1. The van der Waals surface area contributed by atoms with Crippen LogP contribution < -0.4 is 4.72 Å². The lowest BCUT2D eigenvalue weighted by Gasteiger charge is -2.35. The van der Waals surface area contributed by atoms with Crippen molar-refractivity contribution < 1.29 is 22.9 Å². The Morgan fingerprint density at radius 3 is 2.44 bits per heavy atom. The number of rotatable bonds is 7. The molecule has 0 bridgehead atoms. The first kappa shape index (κ1) is 26.2. The summed E-state index contributed by atoms with van der Waals surface area (Å²) in [5.74, 6) is -0.314. The molecule has 12 heteroatoms. The van der Waals surface area contributed by atoms with Crippen LogP contribution in [0.25, 0.3) is 6.08 Å². The first-order valence-corrected chi connectivity index (χ1v) is 14.0. The van der Waals surface area contributed by atoms with Crippen molar-refractivity contribution in [3.05, 3.63) is 68.1 Å². The molecule has 2 amide bonds. The summed E-state index contributed by atoms with van der Waals surface area (Å²) < 4.78 is 27.7. The van der Waals surface area contributed by atoms with Crippen LogP contribution in [0, 0.1) is 15.5 Å². The third-order valence-electron chi connectivity index (χ3n) is 6.36. The molecule has 2 aromatic carbocycles. The van der Waals surface area contributed by atoms with Gasteiger partial charge in [0, 0.05) is 18.3 Å². The van der Waals surface area contributed by atoms with Crippen molar-refractivity contribution in [1.29, 1.82) is 0 Å². The zero-order valence-electron chi connectivity index (χ0n) is 19.4. The molecule has 1 N–H and O–H groups in total. The van der Waals surface area contributed by atoms with E-state index in [1.165, 1.54) is 29.5 Å². The molecular weight excluding hydrogens is 526 g/mol. The van der Waals surface area contributed by atoms with Gasteiger partial charge in [0.05, 0.1) is 14.7 Å². The van der Waals surface area contributed by atoms with Gasteiger partial charge in [-0.1, -0.05) is 49.9 Å². The van der Waals surface area contributed by atoms with Crippen molar-refractivity contribution >= 4 is 62.0 Å². The number of nitrogens with zero attached hydrogens (tertiary/aromatic N) is 2. The number of benzene rings is 2. The molecule has 0 spiro atoms. The predicted molar refractivity (Wildman–Crippen MR) is 139 cm³/mol. The van der Waals surface area contributed by atoms with Gasteiger partial charge in [-0.05, 0) is 65.9 Å². The van der Waals surface area contributed by atoms with E-state index in [4.69, 9.17) is 11.6 Å². The summed E-state index contributed by atoms with van der Waals surface area (Å²) in [7, 11) is -4.10. The molecule has 0 radical (unpaired) electrons. The Labute approximate surface area is 218 Å². The maximum atomic E-state index is 12.9. The molecular formula is C24H24ClN3O6S2. The fourth-order valence-corrected chi connectivity index (χ4v) is 6.50. The van der Waals surface area contributed by atoms with Crippen LogP contribution >= 0.6 is 23.4 Å². The summed E-state index contributed by atoms with van der Waals surface area (Å²) >= 11 is 6.66. The SMILES string of the molecule is CC1(CN2C(=O)S/C(=C\c3ccc(NS(=O)(=O)c4ccc(Cl)c([N+](=O)[O-])c4)cc3)C2=O)CCCCC1. The van der Waals surface area contributed by atoms with Crippen LogP contribution in [0.4, 0.5) is 16.2 Å². The van der Waals surface area contributed by atoms with Crippen molar-refractivity contribution in [2.45, 2.75) is 43.9 Å². The highest BCUT2D eigenvalue weighted by Gasteiger charge is 2.40. The van der Waals surface area contributed by atoms with Crippen LogP contribution in [-0.2, 0) is 14.8 Å². The fourth-order valence-electron chi connectivity index (χ4n) is 4.39. The number of imide groups is 1. The second-order valence-electron chi connectivity index (χ2n) is 9.24.